The van der Waals surface area contributed by atoms with Gasteiger partial charge < -0.3 is 10.7 Å². The number of amides is 1. The van der Waals surface area contributed by atoms with E-state index in [-0.39, 0.29) is 18.1 Å². The van der Waals surface area contributed by atoms with Crippen LogP contribution in [0.5, 0.6) is 0 Å². The highest BCUT2D eigenvalue weighted by atomic mass is 16.1. The predicted octanol–water partition coefficient (Wildman–Crippen LogP) is -1.18. The molecule has 0 fully saturated rings. The topological polar surface area (TPSA) is 124 Å². The first-order chi connectivity index (χ1) is 8.69. The number of aromatic nitrogens is 5. The number of nitrogens with two attached hydrogens (primary N) is 1. The molecule has 0 saturated carbocycles. The van der Waals surface area contributed by atoms with Gasteiger partial charge in [-0.3, -0.25) is 9.48 Å². The predicted molar refractivity (Wildman–Crippen MR) is 62.0 cm³/mol. The Balaban J connectivity index is 1.94. The normalized spacial score (nSPS) is 10.1. The lowest BCUT2D eigenvalue weighted by Gasteiger charge is -2.02. The van der Waals surface area contributed by atoms with E-state index < -0.39 is 0 Å². The van der Waals surface area contributed by atoms with Gasteiger partial charge in [-0.1, -0.05) is 0 Å². The Morgan fingerprint density at radius 1 is 1.44 bits per heavy atom. The van der Waals surface area contributed by atoms with Crippen LogP contribution in [-0.4, -0.2) is 30.9 Å². The van der Waals surface area contributed by atoms with E-state index in [0.717, 1.165) is 0 Å². The van der Waals surface area contributed by atoms with Crippen LogP contribution in [-0.2, 0) is 13.6 Å². The summed E-state index contributed by atoms with van der Waals surface area (Å²) in [6.07, 6.45) is 1.56. The van der Waals surface area contributed by atoms with E-state index in [4.69, 9.17) is 5.84 Å². The summed E-state index contributed by atoms with van der Waals surface area (Å²) in [5, 5.41) is 14.1. The third kappa shape index (κ3) is 2.77. The Morgan fingerprint density at radius 2 is 2.28 bits per heavy atom. The highest BCUT2D eigenvalue weighted by molar-refractivity contribution is 5.92. The fraction of sp³-hybridized carbons (Fsp3) is 0.222. The number of rotatable bonds is 4. The van der Waals surface area contributed by atoms with E-state index in [9.17, 15) is 4.79 Å². The lowest BCUT2D eigenvalue weighted by atomic mass is 10.3. The van der Waals surface area contributed by atoms with Crippen molar-refractivity contribution >= 4 is 11.7 Å². The molecule has 0 saturated heterocycles. The Kier molecular flexibility index (Phi) is 3.44. The Labute approximate surface area is 102 Å². The lowest BCUT2D eigenvalue weighted by Crippen LogP contribution is -2.25. The molecule has 94 valence electrons. The molecule has 2 aromatic heterocycles. The van der Waals surface area contributed by atoms with E-state index in [1.54, 1.807) is 24.1 Å². The summed E-state index contributed by atoms with van der Waals surface area (Å²) in [6.45, 7) is 0.234. The number of anilines is 1. The number of nitrogen functional groups attached to an aromatic ring is 1. The molecule has 2 aromatic rings. The minimum Gasteiger partial charge on any atom is -0.343 e. The molecule has 0 bridgehead atoms. The maximum atomic E-state index is 11.7. The highest BCUT2D eigenvalue weighted by Gasteiger charge is 2.08. The number of nitrogens with zero attached hydrogens (tertiary/aromatic N) is 5. The fourth-order valence-corrected chi connectivity index (χ4v) is 1.25. The van der Waals surface area contributed by atoms with E-state index in [0.29, 0.717) is 11.6 Å². The van der Waals surface area contributed by atoms with Gasteiger partial charge >= 0.3 is 0 Å². The van der Waals surface area contributed by atoms with Crippen molar-refractivity contribution in [1.82, 2.24) is 30.3 Å². The molecule has 0 radical (unpaired) electrons. The van der Waals surface area contributed by atoms with Crippen LogP contribution in [0, 0.1) is 0 Å². The minimum absolute atomic E-state index is 0.199. The average molecular weight is 248 g/mol. The van der Waals surface area contributed by atoms with E-state index in [1.165, 1.54) is 6.07 Å². The van der Waals surface area contributed by atoms with Gasteiger partial charge in [0.15, 0.2) is 17.3 Å². The molecule has 0 aliphatic heterocycles. The molecule has 0 unspecified atom stereocenters. The van der Waals surface area contributed by atoms with Crippen molar-refractivity contribution in [3.8, 4) is 0 Å². The minimum atomic E-state index is -0.349. The smallest absolute Gasteiger partial charge is 0.272 e. The van der Waals surface area contributed by atoms with E-state index in [2.05, 4.69) is 31.0 Å². The quantitative estimate of drug-likeness (QED) is 0.459. The summed E-state index contributed by atoms with van der Waals surface area (Å²) in [5.41, 5.74) is 2.52. The standard InChI is InChI=1S/C9H12N8O/c1-17-5-12-8(16-17)4-11-9(18)6-2-3-7(13-10)15-14-6/h2-3,5H,4,10H2,1H3,(H,11,18)(H,13,15). The van der Waals surface area contributed by atoms with Crippen LogP contribution in [0.25, 0.3) is 0 Å². The zero-order valence-electron chi connectivity index (χ0n) is 9.66. The lowest BCUT2D eigenvalue weighted by molar-refractivity contribution is 0.0944. The first-order valence-electron chi connectivity index (χ1n) is 5.12. The maximum absolute atomic E-state index is 11.7. The van der Waals surface area contributed by atoms with Crippen LogP contribution in [0.3, 0.4) is 0 Å². The number of hydrogen-bond donors (Lipinski definition) is 3. The van der Waals surface area contributed by atoms with Crippen molar-refractivity contribution in [2.24, 2.45) is 12.9 Å². The van der Waals surface area contributed by atoms with Crippen LogP contribution >= 0.6 is 0 Å². The van der Waals surface area contributed by atoms with E-state index in [1.807, 2.05) is 0 Å². The fourth-order valence-electron chi connectivity index (χ4n) is 1.25. The van der Waals surface area contributed by atoms with Crippen molar-refractivity contribution in [2.75, 3.05) is 5.43 Å². The van der Waals surface area contributed by atoms with Crippen LogP contribution in [0.1, 0.15) is 16.3 Å². The summed E-state index contributed by atoms with van der Waals surface area (Å²) >= 11 is 0. The van der Waals surface area contributed by atoms with E-state index >= 15 is 0 Å². The monoisotopic (exact) mass is 248 g/mol. The third-order valence-corrected chi connectivity index (χ3v) is 2.10. The van der Waals surface area contributed by atoms with Gasteiger partial charge in [0.2, 0.25) is 0 Å². The van der Waals surface area contributed by atoms with Gasteiger partial charge in [0.05, 0.1) is 6.54 Å². The molecule has 9 heteroatoms. The second-order valence-corrected chi connectivity index (χ2v) is 3.47. The maximum Gasteiger partial charge on any atom is 0.272 e. The molecular formula is C9H12N8O. The largest absolute Gasteiger partial charge is 0.343 e. The molecule has 0 aliphatic carbocycles. The summed E-state index contributed by atoms with van der Waals surface area (Å²) in [6, 6.07) is 3.07. The zero-order chi connectivity index (χ0) is 13.0. The summed E-state index contributed by atoms with van der Waals surface area (Å²) in [4.78, 5) is 15.7. The van der Waals surface area contributed by atoms with Crippen molar-refractivity contribution in [3.63, 3.8) is 0 Å². The molecule has 0 aliphatic rings. The summed E-state index contributed by atoms with van der Waals surface area (Å²) in [5.74, 6) is 5.71. The Morgan fingerprint density at radius 3 is 2.83 bits per heavy atom. The Hall–Kier alpha value is -2.55. The van der Waals surface area contributed by atoms with Gasteiger partial charge in [0.1, 0.15) is 6.33 Å². The highest BCUT2D eigenvalue weighted by Crippen LogP contribution is 2.00. The molecule has 1 amide bonds. The number of nitrogens with one attached hydrogen (secondary N) is 2. The zero-order valence-corrected chi connectivity index (χ0v) is 9.66. The third-order valence-electron chi connectivity index (χ3n) is 2.10. The number of aryl methyl sites for hydroxylation is 1. The van der Waals surface area contributed by atoms with Gasteiger partial charge in [-0.25, -0.2) is 10.8 Å². The molecule has 4 N–H and O–H groups in total. The number of carbonyl (C=O) groups is 1. The molecule has 2 rings (SSSR count). The Bertz CT molecular complexity index is 534. The van der Waals surface area contributed by atoms with Crippen LogP contribution < -0.4 is 16.6 Å². The second-order valence-electron chi connectivity index (χ2n) is 3.47. The molecule has 0 aromatic carbocycles. The van der Waals surface area contributed by atoms with Gasteiger partial charge in [-0.2, -0.15) is 5.10 Å². The summed E-state index contributed by atoms with van der Waals surface area (Å²) < 4.78 is 1.56. The van der Waals surface area contributed by atoms with Crippen molar-refractivity contribution in [1.29, 1.82) is 0 Å². The van der Waals surface area contributed by atoms with Crippen LogP contribution in [0.2, 0.25) is 0 Å². The van der Waals surface area contributed by atoms with Crippen LogP contribution in [0.4, 0.5) is 5.82 Å². The number of hydrogen-bond acceptors (Lipinski definition) is 7. The number of hydrazine groups is 1. The second kappa shape index (κ2) is 5.19. The van der Waals surface area contributed by atoms with Crippen molar-refractivity contribution in [3.05, 3.63) is 30.0 Å². The number of carbonyl (C=O) groups excluding carboxylic acids is 1. The average Bonchev–Trinajstić information content (AvgIpc) is 2.82. The molecule has 9 nitrogen and oxygen atoms in total. The van der Waals surface area contributed by atoms with Gasteiger partial charge in [0, 0.05) is 7.05 Å². The molecule has 0 atom stereocenters. The van der Waals surface area contributed by atoms with Crippen LogP contribution in [0.15, 0.2) is 18.5 Å². The van der Waals surface area contributed by atoms with Crippen molar-refractivity contribution < 1.29 is 4.79 Å². The van der Waals surface area contributed by atoms with Gasteiger partial charge in [-0.05, 0) is 12.1 Å². The van der Waals surface area contributed by atoms with Gasteiger partial charge in [0.25, 0.3) is 5.91 Å². The van der Waals surface area contributed by atoms with Gasteiger partial charge in [-0.15, -0.1) is 10.2 Å². The first-order valence-corrected chi connectivity index (χ1v) is 5.12. The SMILES string of the molecule is Cn1cnc(CNC(=O)c2ccc(NN)nn2)n1. The molecule has 18 heavy (non-hydrogen) atoms. The van der Waals surface area contributed by atoms with Crippen molar-refractivity contribution in [2.45, 2.75) is 6.54 Å². The first kappa shape index (κ1) is 11.9. The molecular weight excluding hydrogens is 236 g/mol. The molecule has 2 heterocycles. The molecule has 0 spiro atoms. The summed E-state index contributed by atoms with van der Waals surface area (Å²) in [7, 11) is 1.75.